The molecule has 58 valence electrons. The highest BCUT2D eigenvalue weighted by Gasteiger charge is 2.03. The minimum atomic E-state index is 0.511. The van der Waals surface area contributed by atoms with Crippen molar-refractivity contribution in [3.63, 3.8) is 0 Å². The van der Waals surface area contributed by atoms with E-state index in [4.69, 9.17) is 5.84 Å². The van der Waals surface area contributed by atoms with E-state index in [2.05, 4.69) is 25.0 Å². The third-order valence-electron chi connectivity index (χ3n) is 1.54. The molecule has 2 heteroatoms. The first-order chi connectivity index (χ1) is 4.63. The second kappa shape index (κ2) is 4.09. The molecule has 0 aromatic carbocycles. The summed E-state index contributed by atoms with van der Waals surface area (Å²) in [5.74, 6) is 5.64. The fourth-order valence-corrected chi connectivity index (χ4v) is 1.03. The van der Waals surface area contributed by atoms with E-state index in [1.54, 1.807) is 0 Å². The number of hydrogen-bond donors (Lipinski definition) is 1. The number of nitrogens with zero attached hydrogens (tertiary/aromatic N) is 1. The van der Waals surface area contributed by atoms with Gasteiger partial charge in [-0.15, -0.1) is 0 Å². The predicted octanol–water partition coefficient (Wildman–Crippen LogP) is 1.92. The van der Waals surface area contributed by atoms with Gasteiger partial charge in [-0.1, -0.05) is 19.9 Å². The van der Waals surface area contributed by atoms with Crippen LogP contribution < -0.4 is 5.84 Å². The van der Waals surface area contributed by atoms with Gasteiger partial charge in [0.2, 0.25) is 0 Å². The fraction of sp³-hybridized carbons (Fsp3) is 0.625. The summed E-state index contributed by atoms with van der Waals surface area (Å²) in [6.07, 6.45) is 2.05. The Morgan fingerprint density at radius 2 is 2.00 bits per heavy atom. The van der Waals surface area contributed by atoms with Gasteiger partial charge in [0.1, 0.15) is 0 Å². The molecule has 0 rings (SSSR count). The molecule has 0 heterocycles. The van der Waals surface area contributed by atoms with Crippen molar-refractivity contribution in [2.75, 3.05) is 0 Å². The molecule has 10 heavy (non-hydrogen) atoms. The van der Waals surface area contributed by atoms with Gasteiger partial charge in [0.25, 0.3) is 0 Å². The van der Waals surface area contributed by atoms with Gasteiger partial charge in [-0.2, -0.15) is 5.10 Å². The molecule has 0 amide bonds. The molecule has 0 aliphatic carbocycles. The van der Waals surface area contributed by atoms with Crippen molar-refractivity contribution < 1.29 is 0 Å². The first-order valence-electron chi connectivity index (χ1n) is 3.54. The van der Waals surface area contributed by atoms with E-state index in [9.17, 15) is 0 Å². The Hall–Kier alpha value is -0.790. The number of rotatable bonds is 2. The van der Waals surface area contributed by atoms with Gasteiger partial charge >= 0.3 is 0 Å². The van der Waals surface area contributed by atoms with Crippen LogP contribution in [-0.4, -0.2) is 5.71 Å². The Bertz CT molecular complexity index is 155. The summed E-state index contributed by atoms with van der Waals surface area (Å²) in [5.41, 5.74) is 2.15. The zero-order valence-electron chi connectivity index (χ0n) is 7.18. The van der Waals surface area contributed by atoms with Crippen molar-refractivity contribution in [3.05, 3.63) is 11.6 Å². The lowest BCUT2D eigenvalue weighted by molar-refractivity contribution is 0.798. The minimum Gasteiger partial charge on any atom is -0.323 e. The molecule has 0 fully saturated rings. The fourth-order valence-electron chi connectivity index (χ4n) is 1.03. The van der Waals surface area contributed by atoms with Gasteiger partial charge < -0.3 is 5.84 Å². The molecule has 2 N–H and O–H groups in total. The van der Waals surface area contributed by atoms with Crippen molar-refractivity contribution in [3.8, 4) is 0 Å². The van der Waals surface area contributed by atoms with Crippen LogP contribution in [0.1, 0.15) is 27.7 Å². The number of allylic oxidation sites excluding steroid dienone is 2. The predicted molar refractivity (Wildman–Crippen MR) is 45.9 cm³/mol. The van der Waals surface area contributed by atoms with Gasteiger partial charge in [-0.05, 0) is 25.3 Å². The second-order valence-corrected chi connectivity index (χ2v) is 2.61. The summed E-state index contributed by atoms with van der Waals surface area (Å²) in [5, 5.41) is 3.63. The van der Waals surface area contributed by atoms with E-state index >= 15 is 0 Å². The Morgan fingerprint density at radius 3 is 2.10 bits per heavy atom. The Kier molecular flexibility index (Phi) is 3.77. The van der Waals surface area contributed by atoms with Crippen molar-refractivity contribution in [2.45, 2.75) is 27.7 Å². The van der Waals surface area contributed by atoms with E-state index in [1.807, 2.05) is 13.8 Å². The highest BCUT2D eigenvalue weighted by Crippen LogP contribution is 2.10. The molecule has 0 bridgehead atoms. The molecule has 0 aliphatic rings. The number of hydrazone groups is 1. The molecule has 0 aromatic heterocycles. The van der Waals surface area contributed by atoms with E-state index in [0.717, 1.165) is 5.71 Å². The van der Waals surface area contributed by atoms with Crippen molar-refractivity contribution in [1.82, 2.24) is 0 Å². The summed E-state index contributed by atoms with van der Waals surface area (Å²) < 4.78 is 0. The molecular formula is C8H16N2. The topological polar surface area (TPSA) is 38.4 Å². The van der Waals surface area contributed by atoms with Gasteiger partial charge in [-0.25, -0.2) is 0 Å². The summed E-state index contributed by atoms with van der Waals surface area (Å²) in [6.45, 7) is 8.19. The van der Waals surface area contributed by atoms with Gasteiger partial charge in [0.15, 0.2) is 0 Å². The Balaban J connectivity index is 4.39. The van der Waals surface area contributed by atoms with Crippen molar-refractivity contribution in [1.29, 1.82) is 0 Å². The first-order valence-corrected chi connectivity index (χ1v) is 3.54. The maximum absolute atomic E-state index is 5.13. The van der Waals surface area contributed by atoms with Crippen LogP contribution in [0.2, 0.25) is 0 Å². The van der Waals surface area contributed by atoms with Crippen LogP contribution in [0.3, 0.4) is 0 Å². The Labute approximate surface area is 62.8 Å². The third kappa shape index (κ3) is 2.21. The quantitative estimate of drug-likeness (QED) is 0.355. The third-order valence-corrected chi connectivity index (χ3v) is 1.54. The number of nitrogens with two attached hydrogens (primary N) is 1. The van der Waals surface area contributed by atoms with Gasteiger partial charge in [0.05, 0.1) is 5.71 Å². The highest BCUT2D eigenvalue weighted by molar-refractivity contribution is 5.98. The zero-order valence-corrected chi connectivity index (χ0v) is 7.18. The minimum absolute atomic E-state index is 0.511. The van der Waals surface area contributed by atoms with E-state index in [1.165, 1.54) is 5.57 Å². The van der Waals surface area contributed by atoms with E-state index < -0.39 is 0 Å². The molecule has 0 saturated heterocycles. The molecular weight excluding hydrogens is 124 g/mol. The first kappa shape index (κ1) is 9.21. The van der Waals surface area contributed by atoms with E-state index in [0.29, 0.717) is 5.92 Å². The Morgan fingerprint density at radius 1 is 1.50 bits per heavy atom. The maximum Gasteiger partial charge on any atom is 0.0600 e. The average Bonchev–Trinajstić information content (AvgIpc) is 1.88. The standard InChI is InChI=1S/C8H16N2/c1-5-8(6(2)3)7(4)10-9/h5-6H,9H2,1-4H3/b8-5-,10-7-. The summed E-state index contributed by atoms with van der Waals surface area (Å²) in [4.78, 5) is 0. The second-order valence-electron chi connectivity index (χ2n) is 2.61. The molecule has 0 atom stereocenters. The van der Waals surface area contributed by atoms with E-state index in [-0.39, 0.29) is 0 Å². The summed E-state index contributed by atoms with van der Waals surface area (Å²) in [6, 6.07) is 0. The lowest BCUT2D eigenvalue weighted by atomic mass is 9.99. The van der Waals surface area contributed by atoms with Gasteiger partial charge in [-0.3, -0.25) is 0 Å². The highest BCUT2D eigenvalue weighted by atomic mass is 15.1. The monoisotopic (exact) mass is 140 g/mol. The van der Waals surface area contributed by atoms with Crippen molar-refractivity contribution >= 4 is 5.71 Å². The maximum atomic E-state index is 5.13. The average molecular weight is 140 g/mol. The van der Waals surface area contributed by atoms with Gasteiger partial charge in [0, 0.05) is 0 Å². The molecule has 0 aliphatic heterocycles. The van der Waals surface area contributed by atoms with Crippen LogP contribution in [0.25, 0.3) is 0 Å². The van der Waals surface area contributed by atoms with Crippen LogP contribution in [0, 0.1) is 5.92 Å². The van der Waals surface area contributed by atoms with Crippen LogP contribution in [0.5, 0.6) is 0 Å². The lowest BCUT2D eigenvalue weighted by Gasteiger charge is -2.08. The lowest BCUT2D eigenvalue weighted by Crippen LogP contribution is -2.06. The SMILES string of the molecule is C/C=C(\C(C)=N/N)C(C)C. The summed E-state index contributed by atoms with van der Waals surface area (Å²) >= 11 is 0. The molecule has 0 spiro atoms. The van der Waals surface area contributed by atoms with Crippen LogP contribution in [0.15, 0.2) is 16.8 Å². The molecule has 0 aromatic rings. The zero-order chi connectivity index (χ0) is 8.15. The largest absolute Gasteiger partial charge is 0.323 e. The van der Waals surface area contributed by atoms with Crippen LogP contribution in [0.4, 0.5) is 0 Å². The van der Waals surface area contributed by atoms with Crippen LogP contribution in [-0.2, 0) is 0 Å². The molecule has 0 radical (unpaired) electrons. The number of hydrogen-bond acceptors (Lipinski definition) is 2. The molecule has 2 nitrogen and oxygen atoms in total. The van der Waals surface area contributed by atoms with Crippen molar-refractivity contribution in [2.24, 2.45) is 16.9 Å². The molecule has 0 unspecified atom stereocenters. The normalized spacial score (nSPS) is 14.5. The summed E-state index contributed by atoms with van der Waals surface area (Å²) in [7, 11) is 0. The van der Waals surface area contributed by atoms with Crippen LogP contribution >= 0.6 is 0 Å². The smallest absolute Gasteiger partial charge is 0.0600 e. The molecule has 0 saturated carbocycles.